The van der Waals surface area contributed by atoms with Gasteiger partial charge in [-0.25, -0.2) is 0 Å². The van der Waals surface area contributed by atoms with Gasteiger partial charge in [0, 0.05) is 36.6 Å². The number of ether oxygens (including phenoxy) is 1. The second kappa shape index (κ2) is 6.47. The van der Waals surface area contributed by atoms with E-state index in [4.69, 9.17) is 9.26 Å². The molecule has 0 saturated carbocycles. The first-order valence-corrected chi connectivity index (χ1v) is 9.17. The summed E-state index contributed by atoms with van der Waals surface area (Å²) in [5.41, 5.74) is 0. The van der Waals surface area contributed by atoms with Gasteiger partial charge in [-0.15, -0.1) is 11.8 Å². The lowest BCUT2D eigenvalue weighted by Crippen LogP contribution is -2.48. The summed E-state index contributed by atoms with van der Waals surface area (Å²) in [4.78, 5) is 20.2. The van der Waals surface area contributed by atoms with Crippen LogP contribution < -0.4 is 4.74 Å². The molecular weight excluding hydrogens is 326 g/mol. The Morgan fingerprint density at radius 3 is 3.08 bits per heavy atom. The van der Waals surface area contributed by atoms with Crippen molar-refractivity contribution in [3.63, 3.8) is 0 Å². The fraction of sp³-hybridized carbons (Fsp3) is 0.471. The molecular formula is C17H19N3O3S. The van der Waals surface area contributed by atoms with Gasteiger partial charge in [-0.3, -0.25) is 4.79 Å². The summed E-state index contributed by atoms with van der Waals surface area (Å²) in [5.74, 6) is 2.92. The summed E-state index contributed by atoms with van der Waals surface area (Å²) in [7, 11) is 0. The van der Waals surface area contributed by atoms with Crippen molar-refractivity contribution >= 4 is 17.7 Å². The molecule has 0 aliphatic carbocycles. The Hall–Kier alpha value is -2.02. The van der Waals surface area contributed by atoms with Crippen LogP contribution in [0, 0.1) is 6.92 Å². The van der Waals surface area contributed by atoms with Crippen molar-refractivity contribution in [1.29, 1.82) is 0 Å². The third kappa shape index (κ3) is 3.00. The number of hydrogen-bond donors (Lipinski definition) is 0. The molecule has 4 rings (SSSR count). The van der Waals surface area contributed by atoms with Gasteiger partial charge in [-0.05, 0) is 25.0 Å². The molecule has 2 aliphatic rings. The summed E-state index contributed by atoms with van der Waals surface area (Å²) in [5, 5.41) is 4.02. The predicted octanol–water partition coefficient (Wildman–Crippen LogP) is 2.64. The highest BCUT2D eigenvalue weighted by molar-refractivity contribution is 7.99. The molecule has 1 aromatic heterocycles. The number of likely N-dealkylation sites (tertiary alicyclic amines) is 1. The van der Waals surface area contributed by atoms with Crippen LogP contribution in [0.25, 0.3) is 0 Å². The maximum atomic E-state index is 12.9. The number of piperidine rings is 1. The molecule has 2 aliphatic heterocycles. The zero-order valence-corrected chi connectivity index (χ0v) is 14.3. The van der Waals surface area contributed by atoms with E-state index in [1.54, 1.807) is 18.7 Å². The van der Waals surface area contributed by atoms with E-state index in [2.05, 4.69) is 10.1 Å². The zero-order valence-electron chi connectivity index (χ0n) is 13.5. The van der Waals surface area contributed by atoms with Gasteiger partial charge in [0.1, 0.15) is 5.75 Å². The Kier molecular flexibility index (Phi) is 4.18. The average Bonchev–Trinajstić information content (AvgIpc) is 3.07. The number of amides is 1. The number of benzene rings is 1. The molecule has 0 bridgehead atoms. The fourth-order valence-electron chi connectivity index (χ4n) is 3.21. The summed E-state index contributed by atoms with van der Waals surface area (Å²) < 4.78 is 11.0. The highest BCUT2D eigenvalue weighted by atomic mass is 32.2. The van der Waals surface area contributed by atoms with E-state index in [0.717, 1.165) is 30.0 Å². The first-order chi connectivity index (χ1) is 11.7. The quantitative estimate of drug-likeness (QED) is 0.833. The van der Waals surface area contributed by atoms with Crippen molar-refractivity contribution in [2.75, 3.05) is 18.8 Å². The first kappa shape index (κ1) is 15.5. The lowest BCUT2D eigenvalue weighted by molar-refractivity contribution is -0.139. The topological polar surface area (TPSA) is 68.5 Å². The number of aromatic nitrogens is 2. The van der Waals surface area contributed by atoms with E-state index in [0.29, 0.717) is 24.0 Å². The number of carbonyl (C=O) groups is 1. The van der Waals surface area contributed by atoms with Gasteiger partial charge in [0.25, 0.3) is 5.91 Å². The maximum Gasteiger partial charge on any atom is 0.264 e. The van der Waals surface area contributed by atoms with Crippen LogP contribution in [-0.2, 0) is 4.79 Å². The Bertz CT molecular complexity index is 748. The number of carbonyl (C=O) groups excluding carboxylic acids is 1. The van der Waals surface area contributed by atoms with E-state index in [-0.39, 0.29) is 11.8 Å². The molecule has 126 valence electrons. The van der Waals surface area contributed by atoms with Crippen LogP contribution >= 0.6 is 11.8 Å². The highest BCUT2D eigenvalue weighted by Gasteiger charge is 2.34. The van der Waals surface area contributed by atoms with Gasteiger partial charge < -0.3 is 14.2 Å². The predicted molar refractivity (Wildman–Crippen MR) is 89.2 cm³/mol. The average molecular weight is 345 g/mol. The van der Waals surface area contributed by atoms with Crippen LogP contribution in [0.4, 0.5) is 0 Å². The molecule has 0 N–H and O–H groups in total. The largest absolute Gasteiger partial charge is 0.479 e. The number of thioether (sulfide) groups is 1. The molecule has 24 heavy (non-hydrogen) atoms. The minimum Gasteiger partial charge on any atom is -0.479 e. The molecule has 1 fully saturated rings. The third-order valence-corrected chi connectivity index (χ3v) is 5.54. The number of nitrogens with zero attached hydrogens (tertiary/aromatic N) is 3. The molecule has 2 aromatic rings. The molecule has 2 atom stereocenters. The summed E-state index contributed by atoms with van der Waals surface area (Å²) in [6, 6.07) is 7.86. The molecule has 1 aromatic carbocycles. The normalized spacial score (nSPS) is 23.5. The van der Waals surface area contributed by atoms with Crippen LogP contribution in [0.3, 0.4) is 0 Å². The summed E-state index contributed by atoms with van der Waals surface area (Å²) in [6.07, 6.45) is 1.50. The van der Waals surface area contributed by atoms with Crippen molar-refractivity contribution in [1.82, 2.24) is 15.0 Å². The molecule has 1 amide bonds. The first-order valence-electron chi connectivity index (χ1n) is 8.18. The highest BCUT2D eigenvalue weighted by Crippen LogP contribution is 2.36. The van der Waals surface area contributed by atoms with Crippen molar-refractivity contribution in [3.05, 3.63) is 36.0 Å². The lowest BCUT2D eigenvalue weighted by Gasteiger charge is -2.35. The smallest absolute Gasteiger partial charge is 0.264 e. The summed E-state index contributed by atoms with van der Waals surface area (Å²) >= 11 is 1.68. The lowest BCUT2D eigenvalue weighted by atomic mass is 9.97. The number of fused-ring (bicyclic) bond motifs is 1. The van der Waals surface area contributed by atoms with Gasteiger partial charge in [0.05, 0.1) is 0 Å². The molecule has 1 saturated heterocycles. The monoisotopic (exact) mass is 345 g/mol. The van der Waals surface area contributed by atoms with Crippen molar-refractivity contribution in [3.8, 4) is 5.75 Å². The molecule has 0 radical (unpaired) electrons. The number of hydrogen-bond acceptors (Lipinski definition) is 6. The standard InChI is InChI=1S/C17H19N3O3S/c1-11-18-16(19-23-11)12-5-4-8-20(9-12)17(21)14-10-24-15-7-3-2-6-13(15)22-14/h2-3,6-7,12,14H,4-5,8-10H2,1H3/t12-,14+/m0/s1. The maximum absolute atomic E-state index is 12.9. The van der Waals surface area contributed by atoms with Crippen LogP contribution in [0.1, 0.15) is 30.5 Å². The Labute approximate surface area is 144 Å². The van der Waals surface area contributed by atoms with Gasteiger partial charge in [0.15, 0.2) is 11.9 Å². The Balaban J connectivity index is 1.45. The van der Waals surface area contributed by atoms with E-state index >= 15 is 0 Å². The zero-order chi connectivity index (χ0) is 16.5. The van der Waals surface area contributed by atoms with Crippen molar-refractivity contribution in [2.45, 2.75) is 36.7 Å². The summed E-state index contributed by atoms with van der Waals surface area (Å²) in [6.45, 7) is 3.18. The number of para-hydroxylation sites is 1. The second-order valence-corrected chi connectivity index (χ2v) is 7.22. The van der Waals surface area contributed by atoms with E-state index in [1.807, 2.05) is 29.2 Å². The third-order valence-electron chi connectivity index (χ3n) is 4.43. The SMILES string of the molecule is Cc1nc([C@H]2CCCN(C(=O)[C@H]3CSc4ccccc4O3)C2)no1. The van der Waals surface area contributed by atoms with Crippen molar-refractivity contribution < 1.29 is 14.1 Å². The van der Waals surface area contributed by atoms with Crippen LogP contribution in [0.5, 0.6) is 5.75 Å². The van der Waals surface area contributed by atoms with Crippen LogP contribution in [0.15, 0.2) is 33.7 Å². The second-order valence-electron chi connectivity index (χ2n) is 6.16. The molecule has 3 heterocycles. The van der Waals surface area contributed by atoms with Crippen LogP contribution in [0.2, 0.25) is 0 Å². The number of aryl methyl sites for hydroxylation is 1. The van der Waals surface area contributed by atoms with Crippen molar-refractivity contribution in [2.24, 2.45) is 0 Å². The molecule has 0 unspecified atom stereocenters. The Morgan fingerprint density at radius 1 is 1.38 bits per heavy atom. The van der Waals surface area contributed by atoms with E-state index in [9.17, 15) is 4.79 Å². The molecule has 7 heteroatoms. The minimum atomic E-state index is -0.421. The molecule has 6 nitrogen and oxygen atoms in total. The minimum absolute atomic E-state index is 0.0573. The van der Waals surface area contributed by atoms with Gasteiger partial charge in [-0.2, -0.15) is 4.98 Å². The fourth-order valence-corrected chi connectivity index (χ4v) is 4.19. The number of rotatable bonds is 2. The Morgan fingerprint density at radius 2 is 2.25 bits per heavy atom. The van der Waals surface area contributed by atoms with Gasteiger partial charge in [-0.1, -0.05) is 17.3 Å². The van der Waals surface area contributed by atoms with E-state index in [1.165, 1.54) is 0 Å². The molecule has 0 spiro atoms. The van der Waals surface area contributed by atoms with E-state index < -0.39 is 6.10 Å². The van der Waals surface area contributed by atoms with Gasteiger partial charge >= 0.3 is 0 Å². The van der Waals surface area contributed by atoms with Crippen LogP contribution in [-0.4, -0.2) is 45.9 Å². The van der Waals surface area contributed by atoms with Gasteiger partial charge in [0.2, 0.25) is 5.89 Å².